The first-order valence-corrected chi connectivity index (χ1v) is 9.97. The molecule has 0 saturated carbocycles. The predicted octanol–water partition coefficient (Wildman–Crippen LogP) is 1.63. The van der Waals surface area contributed by atoms with Crippen LogP contribution in [0.25, 0.3) is 0 Å². The maximum absolute atomic E-state index is 12.8. The van der Waals surface area contributed by atoms with Crippen molar-refractivity contribution < 1.29 is 23.1 Å². The van der Waals surface area contributed by atoms with Gasteiger partial charge in [-0.25, -0.2) is 28.1 Å². The Morgan fingerprint density at radius 2 is 1.85 bits per heavy atom. The molecule has 1 saturated heterocycles. The average Bonchev–Trinajstić information content (AvgIpc) is 2.97. The number of primary sulfonamides is 1. The van der Waals surface area contributed by atoms with E-state index >= 15 is 0 Å². The second-order valence-electron chi connectivity index (χ2n) is 5.71. The molecular formula is C15H16N4O5S2. The number of sulfonamides is 1. The van der Waals surface area contributed by atoms with E-state index in [1.54, 1.807) is 12.1 Å². The van der Waals surface area contributed by atoms with Gasteiger partial charge in [-0.1, -0.05) is 11.3 Å². The fourth-order valence-electron chi connectivity index (χ4n) is 2.67. The standard InChI is InChI=1S/C15H16N4O5S2/c1-9-13(26(16,23)24)25-14(17-9)19-8-2-7-18(15(19)22)11-5-3-10(4-6-11)12(20)21/h3-6H,2,7-8H2,1H3,(H,20,21)(H2,16,23,24). The van der Waals surface area contributed by atoms with E-state index in [9.17, 15) is 18.0 Å². The molecule has 0 unspecified atom stereocenters. The van der Waals surface area contributed by atoms with Crippen LogP contribution in [0.2, 0.25) is 0 Å². The summed E-state index contributed by atoms with van der Waals surface area (Å²) < 4.78 is 23.1. The number of carbonyl (C=O) groups excluding carboxylic acids is 1. The first kappa shape index (κ1) is 18.3. The summed E-state index contributed by atoms with van der Waals surface area (Å²) in [6.45, 7) is 2.39. The van der Waals surface area contributed by atoms with Crippen LogP contribution >= 0.6 is 11.3 Å². The molecule has 26 heavy (non-hydrogen) atoms. The molecule has 1 aromatic heterocycles. The normalized spacial score (nSPS) is 15.4. The molecular weight excluding hydrogens is 380 g/mol. The van der Waals surface area contributed by atoms with Crippen molar-refractivity contribution in [3.8, 4) is 0 Å². The largest absolute Gasteiger partial charge is 0.478 e. The lowest BCUT2D eigenvalue weighted by Gasteiger charge is -2.34. The minimum atomic E-state index is -3.90. The zero-order valence-corrected chi connectivity index (χ0v) is 15.4. The molecule has 1 fully saturated rings. The Hall–Kier alpha value is -2.50. The van der Waals surface area contributed by atoms with E-state index in [1.807, 2.05) is 0 Å². The Kier molecular flexibility index (Phi) is 4.69. The van der Waals surface area contributed by atoms with Gasteiger partial charge in [0.2, 0.25) is 10.0 Å². The molecule has 3 rings (SSSR count). The highest BCUT2D eigenvalue weighted by Gasteiger charge is 2.31. The van der Waals surface area contributed by atoms with Gasteiger partial charge in [0.1, 0.15) is 0 Å². The van der Waals surface area contributed by atoms with Crippen LogP contribution < -0.4 is 14.9 Å². The highest BCUT2D eigenvalue weighted by molar-refractivity contribution is 7.91. The number of anilines is 2. The van der Waals surface area contributed by atoms with Gasteiger partial charge in [-0.15, -0.1) is 0 Å². The third-order valence-electron chi connectivity index (χ3n) is 3.88. The highest BCUT2D eigenvalue weighted by Crippen LogP contribution is 2.32. The van der Waals surface area contributed by atoms with E-state index in [0.717, 1.165) is 11.3 Å². The number of carbonyl (C=O) groups is 2. The first-order valence-electron chi connectivity index (χ1n) is 7.61. The molecule has 2 aromatic rings. The zero-order valence-electron chi connectivity index (χ0n) is 13.7. The van der Waals surface area contributed by atoms with Crippen molar-refractivity contribution in [2.75, 3.05) is 22.9 Å². The molecule has 2 heterocycles. The fraction of sp³-hybridized carbons (Fsp3) is 0.267. The van der Waals surface area contributed by atoms with Crippen LogP contribution in [0, 0.1) is 6.92 Å². The van der Waals surface area contributed by atoms with Crippen molar-refractivity contribution in [2.45, 2.75) is 17.6 Å². The monoisotopic (exact) mass is 396 g/mol. The highest BCUT2D eigenvalue weighted by atomic mass is 32.2. The van der Waals surface area contributed by atoms with Crippen molar-refractivity contribution in [1.29, 1.82) is 0 Å². The van der Waals surface area contributed by atoms with E-state index in [-0.39, 0.29) is 26.6 Å². The average molecular weight is 396 g/mol. The van der Waals surface area contributed by atoms with Gasteiger partial charge in [-0.05, 0) is 37.6 Å². The molecule has 0 aliphatic carbocycles. The molecule has 0 atom stereocenters. The second-order valence-corrected chi connectivity index (χ2v) is 8.44. The minimum absolute atomic E-state index is 0.0664. The number of carboxylic acid groups (broad SMARTS) is 1. The number of carboxylic acids is 1. The zero-order chi connectivity index (χ0) is 19.1. The summed E-state index contributed by atoms with van der Waals surface area (Å²) in [6.07, 6.45) is 0.649. The number of thiazole rings is 1. The van der Waals surface area contributed by atoms with Gasteiger partial charge in [0.15, 0.2) is 9.34 Å². The van der Waals surface area contributed by atoms with Crippen molar-refractivity contribution in [1.82, 2.24) is 4.98 Å². The van der Waals surface area contributed by atoms with Gasteiger partial charge in [-0.2, -0.15) is 0 Å². The Bertz CT molecular complexity index is 968. The number of aryl methyl sites for hydroxylation is 1. The van der Waals surface area contributed by atoms with E-state index < -0.39 is 16.0 Å². The maximum Gasteiger partial charge on any atom is 0.335 e. The van der Waals surface area contributed by atoms with Gasteiger partial charge in [-0.3, -0.25) is 9.80 Å². The molecule has 138 valence electrons. The smallest absolute Gasteiger partial charge is 0.335 e. The summed E-state index contributed by atoms with van der Waals surface area (Å²) >= 11 is 0.857. The number of hydrogen-bond donors (Lipinski definition) is 2. The molecule has 3 N–H and O–H groups in total. The van der Waals surface area contributed by atoms with Crippen LogP contribution in [-0.2, 0) is 10.0 Å². The van der Waals surface area contributed by atoms with Gasteiger partial charge >= 0.3 is 12.0 Å². The van der Waals surface area contributed by atoms with Crippen LogP contribution in [0.1, 0.15) is 22.5 Å². The van der Waals surface area contributed by atoms with E-state index in [0.29, 0.717) is 25.2 Å². The minimum Gasteiger partial charge on any atom is -0.478 e. The molecule has 11 heteroatoms. The van der Waals surface area contributed by atoms with Crippen LogP contribution in [0.15, 0.2) is 28.5 Å². The molecule has 1 aromatic carbocycles. The van der Waals surface area contributed by atoms with E-state index in [1.165, 1.54) is 28.9 Å². The third-order valence-corrected chi connectivity index (χ3v) is 6.62. The first-order chi connectivity index (χ1) is 12.2. The van der Waals surface area contributed by atoms with Crippen molar-refractivity contribution in [3.05, 3.63) is 35.5 Å². The van der Waals surface area contributed by atoms with Gasteiger partial charge in [0, 0.05) is 18.8 Å². The van der Waals surface area contributed by atoms with Crippen LogP contribution in [-0.4, -0.2) is 43.6 Å². The van der Waals surface area contributed by atoms with Gasteiger partial charge < -0.3 is 5.11 Å². The maximum atomic E-state index is 12.8. The van der Waals surface area contributed by atoms with Gasteiger partial charge in [0.25, 0.3) is 0 Å². The lowest BCUT2D eigenvalue weighted by Crippen LogP contribution is -2.49. The molecule has 1 aliphatic heterocycles. The Morgan fingerprint density at radius 3 is 2.38 bits per heavy atom. The number of rotatable bonds is 4. The summed E-state index contributed by atoms with van der Waals surface area (Å²) in [6, 6.07) is 5.63. The summed E-state index contributed by atoms with van der Waals surface area (Å²) in [5, 5.41) is 14.4. The Labute approximate surface area is 153 Å². The van der Waals surface area contributed by atoms with Gasteiger partial charge in [0.05, 0.1) is 11.3 Å². The Morgan fingerprint density at radius 1 is 1.23 bits per heavy atom. The number of nitrogens with zero attached hydrogens (tertiary/aromatic N) is 3. The number of amides is 2. The lowest BCUT2D eigenvalue weighted by molar-refractivity contribution is 0.0697. The van der Waals surface area contributed by atoms with E-state index in [4.69, 9.17) is 10.2 Å². The third kappa shape index (κ3) is 3.41. The van der Waals surface area contributed by atoms with E-state index in [2.05, 4.69) is 4.98 Å². The number of nitrogens with two attached hydrogens (primary N) is 1. The second kappa shape index (κ2) is 6.67. The predicted molar refractivity (Wildman–Crippen MR) is 96.3 cm³/mol. The number of urea groups is 1. The number of aromatic nitrogens is 1. The topological polar surface area (TPSA) is 134 Å². The quantitative estimate of drug-likeness (QED) is 0.807. The molecule has 2 amide bonds. The van der Waals surface area contributed by atoms with Crippen LogP contribution in [0.5, 0.6) is 0 Å². The summed E-state index contributed by atoms with van der Waals surface area (Å²) in [4.78, 5) is 30.9. The molecule has 0 bridgehead atoms. The summed E-state index contributed by atoms with van der Waals surface area (Å²) in [7, 11) is -3.90. The van der Waals surface area contributed by atoms with Crippen molar-refractivity contribution >= 4 is 44.2 Å². The summed E-state index contributed by atoms with van der Waals surface area (Å²) in [5.74, 6) is -1.04. The lowest BCUT2D eigenvalue weighted by atomic mass is 10.2. The number of benzene rings is 1. The van der Waals surface area contributed by atoms with Crippen molar-refractivity contribution in [3.63, 3.8) is 0 Å². The fourth-order valence-corrected chi connectivity index (χ4v) is 4.64. The van der Waals surface area contributed by atoms with Crippen LogP contribution in [0.3, 0.4) is 0 Å². The number of aromatic carboxylic acids is 1. The molecule has 9 nitrogen and oxygen atoms in total. The van der Waals surface area contributed by atoms with Crippen molar-refractivity contribution in [2.24, 2.45) is 5.14 Å². The molecule has 0 radical (unpaired) electrons. The molecule has 1 aliphatic rings. The Balaban J connectivity index is 1.89. The number of hydrogen-bond acceptors (Lipinski definition) is 6. The molecule has 0 spiro atoms. The summed E-state index contributed by atoms with van der Waals surface area (Å²) in [5.41, 5.74) is 0.941. The SMILES string of the molecule is Cc1nc(N2CCCN(c3ccc(C(=O)O)cc3)C2=O)sc1S(N)(=O)=O. The van der Waals surface area contributed by atoms with Crippen LogP contribution in [0.4, 0.5) is 15.6 Å².